The van der Waals surface area contributed by atoms with Gasteiger partial charge in [-0.2, -0.15) is 0 Å². The molecule has 3 aliphatic carbocycles. The van der Waals surface area contributed by atoms with Gasteiger partial charge in [0.1, 0.15) is 5.60 Å². The molecule has 3 aliphatic rings. The number of hydrogen-bond donors (Lipinski definition) is 0. The van der Waals surface area contributed by atoms with Gasteiger partial charge >= 0.3 is 5.97 Å². The van der Waals surface area contributed by atoms with Crippen LogP contribution in [0.2, 0.25) is 0 Å². The van der Waals surface area contributed by atoms with Gasteiger partial charge < -0.3 is 4.74 Å². The Balaban J connectivity index is 2.18. The minimum Gasteiger partial charge on any atom is -0.458 e. The lowest BCUT2D eigenvalue weighted by molar-refractivity contribution is -0.187. The van der Waals surface area contributed by atoms with Crippen LogP contribution < -0.4 is 0 Å². The summed E-state index contributed by atoms with van der Waals surface area (Å²) in [5.41, 5.74) is -0.573. The van der Waals surface area contributed by atoms with Gasteiger partial charge in [-0.25, -0.2) is 0 Å². The SMILES string of the molecule is CCC(C)(C)C(=O)OC(CC)(CC)C1CC2CCC1CC2. The fraction of sp³-hybridized carbons (Fsp3) is 0.947. The van der Waals surface area contributed by atoms with E-state index in [2.05, 4.69) is 20.8 Å². The highest BCUT2D eigenvalue weighted by Gasteiger charge is 2.49. The molecule has 1 unspecified atom stereocenters. The second kappa shape index (κ2) is 6.30. The molecule has 2 bridgehead atoms. The molecular weight excluding hydrogens is 260 g/mol. The highest BCUT2D eigenvalue weighted by Crippen LogP contribution is 2.52. The molecule has 0 amide bonds. The maximum atomic E-state index is 12.7. The molecule has 0 aromatic rings. The van der Waals surface area contributed by atoms with Crippen molar-refractivity contribution in [2.24, 2.45) is 23.2 Å². The molecule has 3 fully saturated rings. The second-order valence-corrected chi connectivity index (χ2v) is 8.02. The minimum absolute atomic E-state index is 0.00940. The first-order chi connectivity index (χ1) is 9.88. The first-order valence-electron chi connectivity index (χ1n) is 9.12. The van der Waals surface area contributed by atoms with Crippen LogP contribution in [-0.2, 0) is 9.53 Å². The number of carbonyl (C=O) groups is 1. The smallest absolute Gasteiger partial charge is 0.312 e. The normalized spacial score (nSPS) is 29.5. The van der Waals surface area contributed by atoms with E-state index in [4.69, 9.17) is 4.74 Å². The molecular formula is C19H34O2. The van der Waals surface area contributed by atoms with E-state index in [0.717, 1.165) is 31.1 Å². The lowest BCUT2D eigenvalue weighted by atomic mass is 9.58. The molecule has 0 heterocycles. The zero-order valence-electron chi connectivity index (χ0n) is 14.7. The van der Waals surface area contributed by atoms with E-state index in [1.165, 1.54) is 32.1 Å². The van der Waals surface area contributed by atoms with Crippen molar-refractivity contribution >= 4 is 5.97 Å². The Bertz CT molecular complexity index is 360. The maximum Gasteiger partial charge on any atom is 0.312 e. The predicted octanol–water partition coefficient (Wildman–Crippen LogP) is 5.35. The molecule has 2 heteroatoms. The van der Waals surface area contributed by atoms with Gasteiger partial charge in [-0.3, -0.25) is 4.79 Å². The van der Waals surface area contributed by atoms with Crippen molar-refractivity contribution in [2.45, 2.75) is 91.6 Å². The van der Waals surface area contributed by atoms with Crippen LogP contribution in [0.25, 0.3) is 0 Å². The van der Waals surface area contributed by atoms with Crippen molar-refractivity contribution in [3.8, 4) is 0 Å². The van der Waals surface area contributed by atoms with Gasteiger partial charge in [0.25, 0.3) is 0 Å². The van der Waals surface area contributed by atoms with Crippen LogP contribution in [0.3, 0.4) is 0 Å². The summed E-state index contributed by atoms with van der Waals surface area (Å²) in [5.74, 6) is 2.27. The van der Waals surface area contributed by atoms with Crippen molar-refractivity contribution in [2.75, 3.05) is 0 Å². The molecule has 2 nitrogen and oxygen atoms in total. The Morgan fingerprint density at radius 1 is 1.00 bits per heavy atom. The zero-order valence-corrected chi connectivity index (χ0v) is 14.7. The average Bonchev–Trinajstić information content (AvgIpc) is 2.53. The molecule has 21 heavy (non-hydrogen) atoms. The van der Waals surface area contributed by atoms with E-state index in [0.29, 0.717) is 5.92 Å². The maximum absolute atomic E-state index is 12.7. The Morgan fingerprint density at radius 3 is 1.95 bits per heavy atom. The molecule has 0 spiro atoms. The number of fused-ring (bicyclic) bond motifs is 3. The van der Waals surface area contributed by atoms with Gasteiger partial charge in [0.15, 0.2) is 0 Å². The quantitative estimate of drug-likeness (QED) is 0.617. The van der Waals surface area contributed by atoms with Crippen molar-refractivity contribution in [3.63, 3.8) is 0 Å². The summed E-state index contributed by atoms with van der Waals surface area (Å²) in [6.45, 7) is 10.5. The van der Waals surface area contributed by atoms with Crippen LogP contribution in [0.1, 0.15) is 86.0 Å². The third-order valence-electron chi connectivity index (χ3n) is 6.65. The third-order valence-corrected chi connectivity index (χ3v) is 6.65. The molecule has 0 saturated heterocycles. The topological polar surface area (TPSA) is 26.3 Å². The van der Waals surface area contributed by atoms with E-state index in [-0.39, 0.29) is 17.0 Å². The standard InChI is InChI=1S/C19H34O2/c1-6-18(4,5)17(20)21-19(7-2,8-3)16-13-14-9-11-15(16)12-10-14/h14-16H,6-13H2,1-5H3. The number of esters is 1. The summed E-state index contributed by atoms with van der Waals surface area (Å²) >= 11 is 0. The van der Waals surface area contributed by atoms with Crippen molar-refractivity contribution < 1.29 is 9.53 Å². The second-order valence-electron chi connectivity index (χ2n) is 8.02. The Morgan fingerprint density at radius 2 is 1.57 bits per heavy atom. The van der Waals surface area contributed by atoms with Crippen LogP contribution in [0.4, 0.5) is 0 Å². The van der Waals surface area contributed by atoms with Gasteiger partial charge in [-0.15, -0.1) is 0 Å². The summed E-state index contributed by atoms with van der Waals surface area (Å²) in [5, 5.41) is 0. The van der Waals surface area contributed by atoms with Crippen LogP contribution >= 0.6 is 0 Å². The summed E-state index contributed by atoms with van der Waals surface area (Å²) in [6, 6.07) is 0. The summed E-state index contributed by atoms with van der Waals surface area (Å²) < 4.78 is 6.25. The highest BCUT2D eigenvalue weighted by atomic mass is 16.6. The van der Waals surface area contributed by atoms with E-state index in [1.54, 1.807) is 0 Å². The number of ether oxygens (including phenoxy) is 1. The lowest BCUT2D eigenvalue weighted by Gasteiger charge is -2.51. The number of rotatable bonds is 6. The molecule has 0 aromatic heterocycles. The monoisotopic (exact) mass is 294 g/mol. The average molecular weight is 294 g/mol. The van der Waals surface area contributed by atoms with Crippen LogP contribution in [0.5, 0.6) is 0 Å². The first-order valence-corrected chi connectivity index (χ1v) is 9.12. The number of carbonyl (C=O) groups excluding carboxylic acids is 1. The summed E-state index contributed by atoms with van der Waals surface area (Å²) in [6.07, 6.45) is 9.56. The van der Waals surface area contributed by atoms with Gasteiger partial charge in [-0.1, -0.05) is 33.6 Å². The van der Waals surface area contributed by atoms with Gasteiger partial charge in [0.2, 0.25) is 0 Å². The highest BCUT2D eigenvalue weighted by molar-refractivity contribution is 5.76. The molecule has 1 atom stereocenters. The summed E-state index contributed by atoms with van der Waals surface area (Å²) in [4.78, 5) is 12.7. The Hall–Kier alpha value is -0.530. The molecule has 0 N–H and O–H groups in total. The molecule has 0 radical (unpaired) electrons. The zero-order chi connectivity index (χ0) is 15.7. The molecule has 0 aliphatic heterocycles. The first kappa shape index (κ1) is 16.8. The van der Waals surface area contributed by atoms with E-state index in [9.17, 15) is 4.79 Å². The van der Waals surface area contributed by atoms with Crippen LogP contribution in [0.15, 0.2) is 0 Å². The van der Waals surface area contributed by atoms with E-state index >= 15 is 0 Å². The van der Waals surface area contributed by atoms with Crippen LogP contribution in [0, 0.1) is 23.2 Å². The molecule has 3 saturated carbocycles. The molecule has 3 rings (SSSR count). The lowest BCUT2D eigenvalue weighted by Crippen LogP contribution is -2.51. The fourth-order valence-corrected chi connectivity index (χ4v) is 4.48. The van der Waals surface area contributed by atoms with Gasteiger partial charge in [0.05, 0.1) is 5.41 Å². The predicted molar refractivity (Wildman–Crippen MR) is 87.0 cm³/mol. The third kappa shape index (κ3) is 3.14. The number of hydrogen-bond acceptors (Lipinski definition) is 2. The fourth-order valence-electron chi connectivity index (χ4n) is 4.48. The van der Waals surface area contributed by atoms with Gasteiger partial charge in [0, 0.05) is 5.92 Å². The van der Waals surface area contributed by atoms with Gasteiger partial charge in [-0.05, 0) is 64.2 Å². The minimum atomic E-state index is -0.358. The Kier molecular flexibility index (Phi) is 5.05. The van der Waals surface area contributed by atoms with Crippen molar-refractivity contribution in [1.29, 1.82) is 0 Å². The largest absolute Gasteiger partial charge is 0.458 e. The molecule has 122 valence electrons. The Labute approximate surface area is 131 Å². The van der Waals surface area contributed by atoms with Crippen LogP contribution in [-0.4, -0.2) is 11.6 Å². The van der Waals surface area contributed by atoms with Crippen molar-refractivity contribution in [3.05, 3.63) is 0 Å². The van der Waals surface area contributed by atoms with E-state index in [1.807, 2.05) is 13.8 Å². The summed E-state index contributed by atoms with van der Waals surface area (Å²) in [7, 11) is 0. The van der Waals surface area contributed by atoms with E-state index < -0.39 is 0 Å². The molecule has 0 aromatic carbocycles. The van der Waals surface area contributed by atoms with Crippen molar-refractivity contribution in [1.82, 2.24) is 0 Å².